The molecule has 2 heterocycles. The van der Waals surface area contributed by atoms with Gasteiger partial charge in [0.1, 0.15) is 0 Å². The average Bonchev–Trinajstić information content (AvgIpc) is 2.93. The minimum atomic E-state index is -0.346. The maximum absolute atomic E-state index is 12.9. The van der Waals surface area contributed by atoms with E-state index in [0.29, 0.717) is 53.7 Å². The van der Waals surface area contributed by atoms with E-state index in [9.17, 15) is 14.4 Å². The first-order valence-electron chi connectivity index (χ1n) is 8.76. The zero-order valence-corrected chi connectivity index (χ0v) is 15.6. The van der Waals surface area contributed by atoms with E-state index >= 15 is 0 Å². The number of imide groups is 1. The molecule has 0 spiro atoms. The van der Waals surface area contributed by atoms with Crippen LogP contribution in [0.15, 0.2) is 42.5 Å². The molecule has 0 bridgehead atoms. The molecule has 3 amide bonds. The third kappa shape index (κ3) is 2.86. The van der Waals surface area contributed by atoms with Crippen LogP contribution in [-0.4, -0.2) is 48.8 Å². The predicted molar refractivity (Wildman–Crippen MR) is 104 cm³/mol. The SMILES string of the molecule is CC(=O)N1CCN(c2c(Cl)cccc2N2C(=O)c3ccccc3C2=O)CC1. The van der Waals surface area contributed by atoms with Crippen molar-refractivity contribution in [2.75, 3.05) is 36.0 Å². The van der Waals surface area contributed by atoms with Crippen molar-refractivity contribution in [2.24, 2.45) is 0 Å². The number of benzene rings is 2. The van der Waals surface area contributed by atoms with Gasteiger partial charge < -0.3 is 9.80 Å². The molecular weight excluding hydrogens is 366 g/mol. The highest BCUT2D eigenvalue weighted by molar-refractivity contribution is 6.38. The molecule has 27 heavy (non-hydrogen) atoms. The minimum absolute atomic E-state index is 0.0365. The van der Waals surface area contributed by atoms with Crippen molar-refractivity contribution in [1.29, 1.82) is 0 Å². The molecular formula is C20H18ClN3O3. The number of nitrogens with zero attached hydrogens (tertiary/aromatic N) is 3. The highest BCUT2D eigenvalue weighted by Crippen LogP contribution is 2.40. The average molecular weight is 384 g/mol. The Hall–Kier alpha value is -2.86. The standard InChI is InChI=1S/C20H18ClN3O3/c1-13(25)22-9-11-23(12-10-22)18-16(21)7-4-8-17(18)24-19(26)14-5-2-3-6-15(14)20(24)27/h2-8H,9-12H2,1H3. The van der Waals surface area contributed by atoms with E-state index < -0.39 is 0 Å². The number of hydrogen-bond acceptors (Lipinski definition) is 4. The highest BCUT2D eigenvalue weighted by atomic mass is 35.5. The van der Waals surface area contributed by atoms with Crippen LogP contribution in [-0.2, 0) is 4.79 Å². The summed E-state index contributed by atoms with van der Waals surface area (Å²) in [7, 11) is 0. The zero-order chi connectivity index (χ0) is 19.1. The number of halogens is 1. The van der Waals surface area contributed by atoms with Gasteiger partial charge in [0.2, 0.25) is 5.91 Å². The molecule has 0 radical (unpaired) electrons. The van der Waals surface area contributed by atoms with Crippen LogP contribution in [0.25, 0.3) is 0 Å². The number of rotatable bonds is 2. The second-order valence-electron chi connectivity index (χ2n) is 6.59. The highest BCUT2D eigenvalue weighted by Gasteiger charge is 2.38. The lowest BCUT2D eigenvalue weighted by molar-refractivity contribution is -0.129. The van der Waals surface area contributed by atoms with Crippen molar-refractivity contribution < 1.29 is 14.4 Å². The van der Waals surface area contributed by atoms with Crippen molar-refractivity contribution in [3.05, 3.63) is 58.6 Å². The van der Waals surface area contributed by atoms with E-state index in [4.69, 9.17) is 11.6 Å². The minimum Gasteiger partial charge on any atom is -0.365 e. The van der Waals surface area contributed by atoms with E-state index in [-0.39, 0.29) is 17.7 Å². The van der Waals surface area contributed by atoms with Gasteiger partial charge in [0.25, 0.3) is 11.8 Å². The van der Waals surface area contributed by atoms with Gasteiger partial charge in [-0.3, -0.25) is 14.4 Å². The molecule has 0 saturated carbocycles. The van der Waals surface area contributed by atoms with Gasteiger partial charge in [-0.2, -0.15) is 0 Å². The number of hydrogen-bond donors (Lipinski definition) is 0. The maximum Gasteiger partial charge on any atom is 0.266 e. The smallest absolute Gasteiger partial charge is 0.266 e. The molecule has 1 fully saturated rings. The monoisotopic (exact) mass is 383 g/mol. The van der Waals surface area contributed by atoms with Gasteiger partial charge in [-0.15, -0.1) is 0 Å². The van der Waals surface area contributed by atoms with Gasteiger partial charge in [0.05, 0.1) is 27.5 Å². The summed E-state index contributed by atoms with van der Waals surface area (Å²) in [4.78, 5) is 42.4. The summed E-state index contributed by atoms with van der Waals surface area (Å²) in [5.74, 6) is -0.655. The molecule has 2 aromatic rings. The third-order valence-electron chi connectivity index (χ3n) is 5.04. The molecule has 0 unspecified atom stereocenters. The first kappa shape index (κ1) is 17.5. The van der Waals surface area contributed by atoms with Crippen LogP contribution in [0.5, 0.6) is 0 Å². The molecule has 0 aliphatic carbocycles. The summed E-state index contributed by atoms with van der Waals surface area (Å²) in [5, 5.41) is 0.473. The van der Waals surface area contributed by atoms with Crippen molar-refractivity contribution in [3.8, 4) is 0 Å². The number of para-hydroxylation sites is 1. The number of fused-ring (bicyclic) bond motifs is 1. The summed E-state index contributed by atoms with van der Waals surface area (Å²) in [6.07, 6.45) is 0. The Morgan fingerprint density at radius 2 is 1.48 bits per heavy atom. The number of amides is 3. The molecule has 138 valence electrons. The fourth-order valence-electron chi connectivity index (χ4n) is 3.65. The molecule has 2 aliphatic heterocycles. The van der Waals surface area contributed by atoms with Gasteiger partial charge in [-0.25, -0.2) is 4.90 Å². The van der Waals surface area contributed by atoms with Crippen LogP contribution in [0.1, 0.15) is 27.6 Å². The third-order valence-corrected chi connectivity index (χ3v) is 5.35. The quantitative estimate of drug-likeness (QED) is 0.748. The molecule has 4 rings (SSSR count). The fourth-order valence-corrected chi connectivity index (χ4v) is 3.94. The van der Waals surface area contributed by atoms with Gasteiger partial charge in [0, 0.05) is 33.1 Å². The number of carbonyl (C=O) groups is 3. The van der Waals surface area contributed by atoms with E-state index in [1.807, 2.05) is 4.90 Å². The lowest BCUT2D eigenvalue weighted by Gasteiger charge is -2.37. The normalized spacial score (nSPS) is 16.7. The number of carbonyl (C=O) groups excluding carboxylic acids is 3. The van der Waals surface area contributed by atoms with Crippen molar-refractivity contribution in [1.82, 2.24) is 4.90 Å². The Balaban J connectivity index is 1.72. The van der Waals surface area contributed by atoms with Crippen LogP contribution in [0.2, 0.25) is 5.02 Å². The molecule has 1 saturated heterocycles. The predicted octanol–water partition coefficient (Wildman–Crippen LogP) is 2.81. The van der Waals surface area contributed by atoms with Crippen LogP contribution in [0.3, 0.4) is 0 Å². The Bertz CT molecular complexity index is 916. The second kappa shape index (κ2) is 6.70. The van der Waals surface area contributed by atoms with Gasteiger partial charge in [-0.05, 0) is 24.3 Å². The molecule has 0 atom stereocenters. The Kier molecular flexibility index (Phi) is 4.36. The van der Waals surface area contributed by atoms with E-state index in [1.54, 1.807) is 54.3 Å². The van der Waals surface area contributed by atoms with Crippen LogP contribution < -0.4 is 9.80 Å². The Morgan fingerprint density at radius 3 is 2.04 bits per heavy atom. The van der Waals surface area contributed by atoms with Gasteiger partial charge in [0.15, 0.2) is 0 Å². The first-order chi connectivity index (χ1) is 13.0. The van der Waals surface area contributed by atoms with Crippen LogP contribution in [0.4, 0.5) is 11.4 Å². The lowest BCUT2D eigenvalue weighted by atomic mass is 10.1. The van der Waals surface area contributed by atoms with Gasteiger partial charge in [-0.1, -0.05) is 29.8 Å². The maximum atomic E-state index is 12.9. The van der Waals surface area contributed by atoms with Crippen molar-refractivity contribution in [3.63, 3.8) is 0 Å². The first-order valence-corrected chi connectivity index (χ1v) is 9.13. The van der Waals surface area contributed by atoms with Crippen LogP contribution in [0, 0.1) is 0 Å². The summed E-state index contributed by atoms with van der Waals surface area (Å²) >= 11 is 6.48. The van der Waals surface area contributed by atoms with Crippen LogP contribution >= 0.6 is 11.6 Å². The molecule has 0 N–H and O–H groups in total. The second-order valence-corrected chi connectivity index (χ2v) is 7.00. The topological polar surface area (TPSA) is 60.9 Å². The molecule has 7 heteroatoms. The summed E-state index contributed by atoms with van der Waals surface area (Å²) in [6, 6.07) is 12.0. The van der Waals surface area contributed by atoms with E-state index in [2.05, 4.69) is 0 Å². The van der Waals surface area contributed by atoms with E-state index in [0.717, 1.165) is 0 Å². The van der Waals surface area contributed by atoms with Crippen molar-refractivity contribution in [2.45, 2.75) is 6.92 Å². The molecule has 6 nitrogen and oxygen atoms in total. The van der Waals surface area contributed by atoms with Crippen molar-refractivity contribution >= 4 is 40.7 Å². The number of piperazine rings is 1. The molecule has 2 aliphatic rings. The van der Waals surface area contributed by atoms with E-state index in [1.165, 1.54) is 4.90 Å². The summed E-state index contributed by atoms with van der Waals surface area (Å²) in [6.45, 7) is 3.86. The lowest BCUT2D eigenvalue weighted by Crippen LogP contribution is -2.48. The molecule has 2 aromatic carbocycles. The summed E-state index contributed by atoms with van der Waals surface area (Å²) in [5.41, 5.74) is 1.92. The summed E-state index contributed by atoms with van der Waals surface area (Å²) < 4.78 is 0. The van der Waals surface area contributed by atoms with Gasteiger partial charge >= 0.3 is 0 Å². The molecule has 0 aromatic heterocycles. The largest absolute Gasteiger partial charge is 0.365 e. The number of anilines is 2. The Morgan fingerprint density at radius 1 is 0.889 bits per heavy atom. The Labute approximate surface area is 161 Å². The fraction of sp³-hybridized carbons (Fsp3) is 0.250. The zero-order valence-electron chi connectivity index (χ0n) is 14.8.